The molecule has 5 amide bonds. The van der Waals surface area contributed by atoms with Crippen molar-refractivity contribution < 1.29 is 23.6 Å². The average Bonchev–Trinajstić information content (AvgIpc) is 3.45. The second-order valence-corrected chi connectivity index (χ2v) is 7.11. The van der Waals surface area contributed by atoms with Crippen LogP contribution in [0.15, 0.2) is 52.2 Å². The number of rotatable bonds is 5. The van der Waals surface area contributed by atoms with Crippen molar-refractivity contribution in [3.63, 3.8) is 0 Å². The Kier molecular flexibility index (Phi) is 4.94. The van der Waals surface area contributed by atoms with Gasteiger partial charge < -0.3 is 4.42 Å². The van der Waals surface area contributed by atoms with Gasteiger partial charge in [0.05, 0.1) is 12.0 Å². The minimum atomic E-state index is -1.01. The molecule has 2 aromatic rings. The summed E-state index contributed by atoms with van der Waals surface area (Å²) < 4.78 is 5.49. The number of furan rings is 1. The summed E-state index contributed by atoms with van der Waals surface area (Å²) in [6, 6.07) is 9.92. The minimum absolute atomic E-state index is 0.0581. The number of hydrazone groups is 1. The van der Waals surface area contributed by atoms with Crippen LogP contribution < -0.4 is 0 Å². The SMILES string of the molecule is CCN1C(=O)C(=O)N(CC(=O)N2N=C(c3ccc(C)cc3)C[C@@H]2c2ccco2)C1=O. The molecule has 4 rings (SSSR count). The Balaban J connectivity index is 1.61. The van der Waals surface area contributed by atoms with E-state index in [9.17, 15) is 19.2 Å². The molecule has 0 bridgehead atoms. The Morgan fingerprint density at radius 1 is 1.10 bits per heavy atom. The highest BCUT2D eigenvalue weighted by molar-refractivity contribution is 6.45. The van der Waals surface area contributed by atoms with Gasteiger partial charge in [-0.25, -0.2) is 14.7 Å². The molecule has 1 aromatic heterocycles. The van der Waals surface area contributed by atoms with Crippen molar-refractivity contribution in [3.05, 3.63) is 59.5 Å². The van der Waals surface area contributed by atoms with Gasteiger partial charge in [0, 0.05) is 13.0 Å². The molecule has 0 radical (unpaired) electrons. The first kappa shape index (κ1) is 19.6. The van der Waals surface area contributed by atoms with E-state index in [1.165, 1.54) is 11.3 Å². The van der Waals surface area contributed by atoms with E-state index in [0.717, 1.165) is 16.0 Å². The van der Waals surface area contributed by atoms with Gasteiger partial charge in [-0.05, 0) is 31.5 Å². The normalized spacial score (nSPS) is 19.1. The maximum Gasteiger partial charge on any atom is 0.334 e. The third-order valence-corrected chi connectivity index (χ3v) is 5.17. The van der Waals surface area contributed by atoms with E-state index in [2.05, 4.69) is 5.10 Å². The molecule has 2 aliphatic heterocycles. The van der Waals surface area contributed by atoms with Gasteiger partial charge in [-0.15, -0.1) is 0 Å². The number of carbonyl (C=O) groups is 4. The van der Waals surface area contributed by atoms with E-state index in [1.54, 1.807) is 19.1 Å². The largest absolute Gasteiger partial charge is 0.467 e. The maximum atomic E-state index is 13.0. The standard InChI is InChI=1S/C21H20N4O5/c1-3-23-19(27)20(28)24(21(23)29)12-18(26)25-16(17-5-4-10-30-17)11-15(22-25)14-8-6-13(2)7-9-14/h4-10,16H,3,11-12H2,1-2H3/t16-/m1/s1. The highest BCUT2D eigenvalue weighted by Crippen LogP contribution is 2.33. The molecule has 1 aromatic carbocycles. The first-order valence-corrected chi connectivity index (χ1v) is 9.58. The van der Waals surface area contributed by atoms with Crippen LogP contribution in [0.25, 0.3) is 0 Å². The molecule has 1 atom stereocenters. The van der Waals surface area contributed by atoms with Crippen molar-refractivity contribution in [2.75, 3.05) is 13.1 Å². The summed E-state index contributed by atoms with van der Waals surface area (Å²) in [7, 11) is 0. The molecule has 9 heteroatoms. The Hall–Kier alpha value is -3.75. The van der Waals surface area contributed by atoms with Gasteiger partial charge in [-0.2, -0.15) is 5.10 Å². The lowest BCUT2D eigenvalue weighted by atomic mass is 10.0. The first-order valence-electron chi connectivity index (χ1n) is 9.58. The second kappa shape index (κ2) is 7.58. The van der Waals surface area contributed by atoms with E-state index >= 15 is 0 Å². The fourth-order valence-corrected chi connectivity index (χ4v) is 3.54. The molecular formula is C21H20N4O5. The summed E-state index contributed by atoms with van der Waals surface area (Å²) in [5.74, 6) is -1.97. The van der Waals surface area contributed by atoms with E-state index < -0.39 is 36.3 Å². The number of amides is 5. The Labute approximate surface area is 172 Å². The molecule has 0 aliphatic carbocycles. The van der Waals surface area contributed by atoms with Crippen LogP contribution in [-0.4, -0.2) is 57.4 Å². The lowest BCUT2D eigenvalue weighted by molar-refractivity contribution is -0.145. The molecule has 1 fully saturated rings. The summed E-state index contributed by atoms with van der Waals surface area (Å²) >= 11 is 0. The van der Waals surface area contributed by atoms with Crippen LogP contribution >= 0.6 is 0 Å². The fourth-order valence-electron chi connectivity index (χ4n) is 3.54. The van der Waals surface area contributed by atoms with E-state index in [0.29, 0.717) is 22.8 Å². The third-order valence-electron chi connectivity index (χ3n) is 5.17. The van der Waals surface area contributed by atoms with Crippen molar-refractivity contribution in [2.24, 2.45) is 5.10 Å². The zero-order valence-electron chi connectivity index (χ0n) is 16.6. The lowest BCUT2D eigenvalue weighted by Crippen LogP contribution is -2.42. The van der Waals surface area contributed by atoms with Gasteiger partial charge in [-0.3, -0.25) is 19.3 Å². The van der Waals surface area contributed by atoms with E-state index in [1.807, 2.05) is 31.2 Å². The molecular weight excluding hydrogens is 388 g/mol. The Bertz CT molecular complexity index is 1040. The van der Waals surface area contributed by atoms with Crippen LogP contribution in [-0.2, 0) is 14.4 Å². The topological polar surface area (TPSA) is 104 Å². The lowest BCUT2D eigenvalue weighted by Gasteiger charge is -2.22. The molecule has 0 spiro atoms. The summed E-state index contributed by atoms with van der Waals surface area (Å²) in [6.07, 6.45) is 1.93. The van der Waals surface area contributed by atoms with Crippen molar-refractivity contribution in [1.82, 2.24) is 14.8 Å². The molecule has 154 valence electrons. The van der Waals surface area contributed by atoms with Gasteiger partial charge in [-0.1, -0.05) is 29.8 Å². The zero-order chi connectivity index (χ0) is 21.4. The number of benzene rings is 1. The molecule has 2 aliphatic rings. The Morgan fingerprint density at radius 2 is 1.80 bits per heavy atom. The molecule has 3 heterocycles. The molecule has 0 unspecified atom stereocenters. The molecule has 9 nitrogen and oxygen atoms in total. The highest BCUT2D eigenvalue weighted by atomic mass is 16.3. The van der Waals surface area contributed by atoms with Crippen LogP contribution in [0.3, 0.4) is 0 Å². The highest BCUT2D eigenvalue weighted by Gasteiger charge is 2.46. The van der Waals surface area contributed by atoms with Crippen LogP contribution in [0.4, 0.5) is 4.79 Å². The molecule has 0 saturated carbocycles. The van der Waals surface area contributed by atoms with Gasteiger partial charge in [0.1, 0.15) is 18.3 Å². The molecule has 30 heavy (non-hydrogen) atoms. The summed E-state index contributed by atoms with van der Waals surface area (Å²) in [4.78, 5) is 50.9. The molecule has 1 saturated heterocycles. The van der Waals surface area contributed by atoms with Gasteiger partial charge >= 0.3 is 17.8 Å². The summed E-state index contributed by atoms with van der Waals surface area (Å²) in [5.41, 5.74) is 2.66. The number of hydrogen-bond donors (Lipinski definition) is 0. The number of aryl methyl sites for hydroxylation is 1. The predicted molar refractivity (Wildman–Crippen MR) is 105 cm³/mol. The van der Waals surface area contributed by atoms with Gasteiger partial charge in [0.2, 0.25) is 0 Å². The van der Waals surface area contributed by atoms with Crippen molar-refractivity contribution in [2.45, 2.75) is 26.3 Å². The number of hydrogen-bond acceptors (Lipinski definition) is 6. The quantitative estimate of drug-likeness (QED) is 0.557. The summed E-state index contributed by atoms with van der Waals surface area (Å²) in [5, 5.41) is 5.70. The van der Waals surface area contributed by atoms with Gasteiger partial charge in [0.15, 0.2) is 0 Å². The zero-order valence-corrected chi connectivity index (χ0v) is 16.6. The number of carbonyl (C=O) groups excluding carboxylic acids is 4. The maximum absolute atomic E-state index is 13.0. The monoisotopic (exact) mass is 408 g/mol. The molecule has 0 N–H and O–H groups in total. The van der Waals surface area contributed by atoms with Gasteiger partial charge in [0.25, 0.3) is 5.91 Å². The number of likely N-dealkylation sites (N-methyl/N-ethyl adjacent to an activating group) is 1. The van der Waals surface area contributed by atoms with Crippen LogP contribution in [0.2, 0.25) is 0 Å². The minimum Gasteiger partial charge on any atom is -0.467 e. The van der Waals surface area contributed by atoms with Crippen LogP contribution in [0, 0.1) is 6.92 Å². The predicted octanol–water partition coefficient (Wildman–Crippen LogP) is 2.08. The van der Waals surface area contributed by atoms with Crippen molar-refractivity contribution >= 4 is 29.5 Å². The van der Waals surface area contributed by atoms with Crippen LogP contribution in [0.5, 0.6) is 0 Å². The first-order chi connectivity index (χ1) is 14.4. The number of nitrogens with zero attached hydrogens (tertiary/aromatic N) is 4. The third kappa shape index (κ3) is 3.28. The van der Waals surface area contributed by atoms with E-state index in [4.69, 9.17) is 4.42 Å². The Morgan fingerprint density at radius 3 is 2.40 bits per heavy atom. The van der Waals surface area contributed by atoms with Crippen LogP contribution in [0.1, 0.15) is 36.3 Å². The number of urea groups is 1. The average molecular weight is 408 g/mol. The van der Waals surface area contributed by atoms with Crippen molar-refractivity contribution in [1.29, 1.82) is 0 Å². The van der Waals surface area contributed by atoms with E-state index in [-0.39, 0.29) is 6.54 Å². The second-order valence-electron chi connectivity index (χ2n) is 7.11. The van der Waals surface area contributed by atoms with Crippen molar-refractivity contribution in [3.8, 4) is 0 Å². The summed E-state index contributed by atoms with van der Waals surface area (Å²) in [6.45, 7) is 3.05. The number of imide groups is 2. The fraction of sp³-hybridized carbons (Fsp3) is 0.286. The smallest absolute Gasteiger partial charge is 0.334 e.